The number of aromatic nitrogens is 1. The highest BCUT2D eigenvalue weighted by atomic mass is 32.1. The second-order valence-electron chi connectivity index (χ2n) is 3.48. The van der Waals surface area contributed by atoms with Crippen molar-refractivity contribution >= 4 is 11.3 Å². The maximum absolute atomic E-state index is 5.83. The maximum Gasteiger partial charge on any atom is 0.0955 e. The molecule has 1 aromatic heterocycles. The molecule has 0 spiro atoms. The molecule has 0 atom stereocenters. The van der Waals surface area contributed by atoms with Gasteiger partial charge < -0.3 is 5.73 Å². The zero-order valence-electron chi connectivity index (χ0n) is 7.07. The van der Waals surface area contributed by atoms with Gasteiger partial charge in [-0.1, -0.05) is 0 Å². The van der Waals surface area contributed by atoms with Crippen LogP contribution in [0.5, 0.6) is 0 Å². The first-order valence-electron chi connectivity index (χ1n) is 4.51. The lowest BCUT2D eigenvalue weighted by Crippen LogP contribution is -2.25. The smallest absolute Gasteiger partial charge is 0.0955 e. The van der Waals surface area contributed by atoms with Gasteiger partial charge in [0.1, 0.15) is 0 Å². The average molecular weight is 182 g/mol. The Balaban J connectivity index is 1.99. The number of hydrogen-bond acceptors (Lipinski definition) is 3. The van der Waals surface area contributed by atoms with E-state index >= 15 is 0 Å². The lowest BCUT2D eigenvalue weighted by molar-refractivity contribution is 0.395. The third kappa shape index (κ3) is 1.67. The van der Waals surface area contributed by atoms with E-state index in [1.54, 1.807) is 11.3 Å². The van der Waals surface area contributed by atoms with E-state index in [0.29, 0.717) is 12.0 Å². The van der Waals surface area contributed by atoms with Crippen LogP contribution < -0.4 is 5.73 Å². The summed E-state index contributed by atoms with van der Waals surface area (Å²) in [6.07, 6.45) is 6.70. The van der Waals surface area contributed by atoms with Crippen LogP contribution in [0.1, 0.15) is 36.6 Å². The first-order chi connectivity index (χ1) is 5.86. The lowest BCUT2D eigenvalue weighted by atomic mass is 9.87. The Morgan fingerprint density at radius 1 is 1.33 bits per heavy atom. The number of thiazole rings is 1. The van der Waals surface area contributed by atoms with Gasteiger partial charge in [0.2, 0.25) is 0 Å². The second-order valence-corrected chi connectivity index (χ2v) is 4.41. The van der Waals surface area contributed by atoms with Crippen LogP contribution in [0.25, 0.3) is 0 Å². The molecule has 1 aromatic rings. The summed E-state index contributed by atoms with van der Waals surface area (Å²) < 4.78 is 0. The van der Waals surface area contributed by atoms with E-state index in [4.69, 9.17) is 5.73 Å². The SMILES string of the molecule is N[C@H]1CC[C@H](c2nccs2)CC1. The monoisotopic (exact) mass is 182 g/mol. The fraction of sp³-hybridized carbons (Fsp3) is 0.667. The maximum atomic E-state index is 5.83. The van der Waals surface area contributed by atoms with Crippen molar-refractivity contribution in [3.63, 3.8) is 0 Å². The standard InChI is InChI=1S/C9H14N2S/c10-8-3-1-7(2-4-8)9-11-5-6-12-9/h5-8H,1-4,10H2/t7-,8-. The minimum absolute atomic E-state index is 0.446. The molecule has 12 heavy (non-hydrogen) atoms. The summed E-state index contributed by atoms with van der Waals surface area (Å²) in [5.41, 5.74) is 5.83. The molecular formula is C9H14N2S. The van der Waals surface area contributed by atoms with E-state index in [2.05, 4.69) is 10.4 Å². The van der Waals surface area contributed by atoms with Gasteiger partial charge in [0, 0.05) is 23.5 Å². The predicted octanol–water partition coefficient (Wildman–Crippen LogP) is 2.13. The molecule has 2 N–H and O–H groups in total. The van der Waals surface area contributed by atoms with Crippen molar-refractivity contribution in [2.45, 2.75) is 37.6 Å². The van der Waals surface area contributed by atoms with Gasteiger partial charge in [0.05, 0.1) is 5.01 Å². The normalized spacial score (nSPS) is 30.4. The number of nitrogens with zero attached hydrogens (tertiary/aromatic N) is 1. The molecule has 1 aliphatic rings. The second kappa shape index (κ2) is 3.54. The average Bonchev–Trinajstić information content (AvgIpc) is 2.58. The molecule has 0 amide bonds. The highest BCUT2D eigenvalue weighted by molar-refractivity contribution is 7.09. The van der Waals surface area contributed by atoms with Crippen molar-refractivity contribution in [3.8, 4) is 0 Å². The molecule has 0 radical (unpaired) electrons. The Bertz CT molecular complexity index is 225. The predicted molar refractivity (Wildman–Crippen MR) is 51.3 cm³/mol. The first kappa shape index (κ1) is 8.20. The van der Waals surface area contributed by atoms with Gasteiger partial charge in [-0.25, -0.2) is 4.98 Å². The Labute approximate surface area is 76.8 Å². The summed E-state index contributed by atoms with van der Waals surface area (Å²) in [4.78, 5) is 4.34. The Kier molecular flexibility index (Phi) is 2.42. The van der Waals surface area contributed by atoms with Crippen molar-refractivity contribution in [1.29, 1.82) is 0 Å². The fourth-order valence-electron chi connectivity index (χ4n) is 1.80. The molecule has 3 heteroatoms. The molecular weight excluding hydrogens is 168 g/mol. The Hall–Kier alpha value is -0.410. The highest BCUT2D eigenvalue weighted by Gasteiger charge is 2.21. The van der Waals surface area contributed by atoms with Crippen molar-refractivity contribution in [2.75, 3.05) is 0 Å². The molecule has 2 rings (SSSR count). The van der Waals surface area contributed by atoms with E-state index in [1.165, 1.54) is 30.7 Å². The molecule has 1 fully saturated rings. The number of rotatable bonds is 1. The van der Waals surface area contributed by atoms with E-state index in [-0.39, 0.29) is 0 Å². The van der Waals surface area contributed by atoms with Gasteiger partial charge in [0.15, 0.2) is 0 Å². The summed E-state index contributed by atoms with van der Waals surface area (Å²) in [6.45, 7) is 0. The third-order valence-corrected chi connectivity index (χ3v) is 3.51. The summed E-state index contributed by atoms with van der Waals surface area (Å²) in [6, 6.07) is 0.446. The molecule has 0 aliphatic heterocycles. The fourth-order valence-corrected chi connectivity index (χ4v) is 2.61. The summed E-state index contributed by atoms with van der Waals surface area (Å²) in [7, 11) is 0. The van der Waals surface area contributed by atoms with Crippen molar-refractivity contribution in [1.82, 2.24) is 4.98 Å². The van der Waals surface area contributed by atoms with Crippen LogP contribution in [0, 0.1) is 0 Å². The van der Waals surface area contributed by atoms with E-state index in [9.17, 15) is 0 Å². The highest BCUT2D eigenvalue weighted by Crippen LogP contribution is 2.32. The van der Waals surface area contributed by atoms with Crippen LogP contribution in [0.15, 0.2) is 11.6 Å². The van der Waals surface area contributed by atoms with Crippen molar-refractivity contribution in [2.24, 2.45) is 5.73 Å². The summed E-state index contributed by atoms with van der Waals surface area (Å²) in [5.74, 6) is 0.699. The van der Waals surface area contributed by atoms with Gasteiger partial charge in [-0.2, -0.15) is 0 Å². The largest absolute Gasteiger partial charge is 0.328 e. The van der Waals surface area contributed by atoms with Crippen LogP contribution in [0.2, 0.25) is 0 Å². The van der Waals surface area contributed by atoms with Gasteiger partial charge in [-0.3, -0.25) is 0 Å². The summed E-state index contributed by atoms with van der Waals surface area (Å²) in [5, 5.41) is 3.37. The molecule has 1 heterocycles. The van der Waals surface area contributed by atoms with Crippen LogP contribution in [-0.4, -0.2) is 11.0 Å². The molecule has 0 unspecified atom stereocenters. The molecule has 0 saturated heterocycles. The molecule has 2 nitrogen and oxygen atoms in total. The van der Waals surface area contributed by atoms with Crippen molar-refractivity contribution in [3.05, 3.63) is 16.6 Å². The summed E-state index contributed by atoms with van der Waals surface area (Å²) >= 11 is 1.78. The zero-order valence-corrected chi connectivity index (χ0v) is 7.89. The van der Waals surface area contributed by atoms with Gasteiger partial charge in [-0.15, -0.1) is 11.3 Å². The van der Waals surface area contributed by atoms with Gasteiger partial charge >= 0.3 is 0 Å². The van der Waals surface area contributed by atoms with Crippen LogP contribution in [-0.2, 0) is 0 Å². The molecule has 1 saturated carbocycles. The topological polar surface area (TPSA) is 38.9 Å². The number of nitrogens with two attached hydrogens (primary N) is 1. The van der Waals surface area contributed by atoms with E-state index < -0.39 is 0 Å². The molecule has 1 aliphatic carbocycles. The Morgan fingerprint density at radius 3 is 2.67 bits per heavy atom. The number of hydrogen-bond donors (Lipinski definition) is 1. The van der Waals surface area contributed by atoms with Crippen LogP contribution >= 0.6 is 11.3 Å². The van der Waals surface area contributed by atoms with Gasteiger partial charge in [0.25, 0.3) is 0 Å². The minimum atomic E-state index is 0.446. The third-order valence-electron chi connectivity index (χ3n) is 2.57. The lowest BCUT2D eigenvalue weighted by Gasteiger charge is -2.24. The first-order valence-corrected chi connectivity index (χ1v) is 5.39. The molecule has 66 valence electrons. The van der Waals surface area contributed by atoms with Crippen molar-refractivity contribution < 1.29 is 0 Å². The molecule has 0 aromatic carbocycles. The van der Waals surface area contributed by atoms with Gasteiger partial charge in [-0.05, 0) is 25.7 Å². The molecule has 0 bridgehead atoms. The zero-order chi connectivity index (χ0) is 8.39. The Morgan fingerprint density at radius 2 is 2.08 bits per heavy atom. The van der Waals surface area contributed by atoms with E-state index in [1.807, 2.05) is 6.20 Å². The quantitative estimate of drug-likeness (QED) is 0.722. The van der Waals surface area contributed by atoms with Crippen LogP contribution in [0.4, 0.5) is 0 Å². The van der Waals surface area contributed by atoms with E-state index in [0.717, 1.165) is 0 Å². The van der Waals surface area contributed by atoms with Crippen LogP contribution in [0.3, 0.4) is 0 Å². The minimum Gasteiger partial charge on any atom is -0.328 e.